The van der Waals surface area contributed by atoms with Crippen molar-refractivity contribution in [1.82, 2.24) is 0 Å². The number of rotatable bonds is 7. The molecule has 0 aliphatic carbocycles. The van der Waals surface area contributed by atoms with Gasteiger partial charge in [0.2, 0.25) is 0 Å². The minimum atomic E-state index is -0.316. The molecule has 5 nitrogen and oxygen atoms in total. The Morgan fingerprint density at radius 2 is 1.78 bits per heavy atom. The largest absolute Gasteiger partial charge is 0.373 e. The van der Waals surface area contributed by atoms with Crippen LogP contribution >= 0.6 is 0 Å². The molecule has 2 fully saturated rings. The molecule has 2 saturated heterocycles. The molecule has 2 heterocycles. The normalized spacial score (nSPS) is 39.2. The Hall–Kier alpha value is -0.200. The van der Waals surface area contributed by atoms with Crippen LogP contribution in [0.4, 0.5) is 0 Å². The summed E-state index contributed by atoms with van der Waals surface area (Å²) in [5.41, 5.74) is 0. The average molecular weight is 260 g/mol. The van der Waals surface area contributed by atoms with Crippen LogP contribution < -0.4 is 0 Å². The lowest BCUT2D eigenvalue weighted by Gasteiger charge is -2.30. The molecule has 18 heavy (non-hydrogen) atoms. The quantitative estimate of drug-likeness (QED) is 0.691. The summed E-state index contributed by atoms with van der Waals surface area (Å²) in [7, 11) is 1.67. The van der Waals surface area contributed by atoms with Crippen molar-refractivity contribution in [1.29, 1.82) is 0 Å². The molecule has 0 radical (unpaired) electrons. The molecule has 5 heteroatoms. The van der Waals surface area contributed by atoms with E-state index in [1.54, 1.807) is 7.11 Å². The maximum atomic E-state index is 5.87. The van der Waals surface area contributed by atoms with E-state index in [2.05, 4.69) is 13.8 Å². The summed E-state index contributed by atoms with van der Waals surface area (Å²) < 4.78 is 28.6. The van der Waals surface area contributed by atoms with Gasteiger partial charge in [0.05, 0.1) is 6.61 Å². The van der Waals surface area contributed by atoms with Gasteiger partial charge in [-0.2, -0.15) is 0 Å². The van der Waals surface area contributed by atoms with Crippen molar-refractivity contribution < 1.29 is 23.7 Å². The molecule has 0 aromatic carbocycles. The zero-order valence-electron chi connectivity index (χ0n) is 11.5. The van der Waals surface area contributed by atoms with Crippen molar-refractivity contribution in [3.63, 3.8) is 0 Å². The van der Waals surface area contributed by atoms with E-state index < -0.39 is 0 Å². The van der Waals surface area contributed by atoms with Gasteiger partial charge in [-0.3, -0.25) is 0 Å². The van der Waals surface area contributed by atoms with Crippen molar-refractivity contribution in [2.45, 2.75) is 57.4 Å². The van der Waals surface area contributed by atoms with Gasteiger partial charge in [-0.15, -0.1) is 0 Å². The van der Waals surface area contributed by atoms with Crippen molar-refractivity contribution in [2.24, 2.45) is 0 Å². The van der Waals surface area contributed by atoms with Crippen LogP contribution in [0.25, 0.3) is 0 Å². The van der Waals surface area contributed by atoms with E-state index in [-0.39, 0.29) is 30.7 Å². The Morgan fingerprint density at radius 1 is 1.06 bits per heavy atom. The van der Waals surface area contributed by atoms with Crippen LogP contribution in [0.5, 0.6) is 0 Å². The van der Waals surface area contributed by atoms with Gasteiger partial charge in [0, 0.05) is 20.3 Å². The standard InChI is InChI=1S/C13H24O5/c1-4-6-15-9-8-17-13-12(14-3)11(10(9)18-13)16-7-5-2/h9-13H,4-8H2,1-3H3/t9-,10-,11+,12-,13-/m1/s1. The minimum Gasteiger partial charge on any atom is -0.373 e. The molecule has 2 aliphatic rings. The minimum absolute atomic E-state index is 0.0526. The summed E-state index contributed by atoms with van der Waals surface area (Å²) in [6.07, 6.45) is 1.27. The van der Waals surface area contributed by atoms with E-state index in [9.17, 15) is 0 Å². The predicted molar refractivity (Wildman–Crippen MR) is 65.5 cm³/mol. The Bertz CT molecular complexity index is 248. The first-order chi connectivity index (χ1) is 8.81. The molecule has 0 saturated carbocycles. The van der Waals surface area contributed by atoms with Gasteiger partial charge in [0.25, 0.3) is 0 Å². The summed E-state index contributed by atoms with van der Waals surface area (Å²) in [4.78, 5) is 0. The highest BCUT2D eigenvalue weighted by Gasteiger charge is 2.53. The molecule has 2 aliphatic heterocycles. The van der Waals surface area contributed by atoms with Gasteiger partial charge in [-0.25, -0.2) is 0 Å². The fraction of sp³-hybridized carbons (Fsp3) is 1.00. The molecule has 0 aromatic heterocycles. The summed E-state index contributed by atoms with van der Waals surface area (Å²) in [6.45, 7) is 6.16. The zero-order valence-corrected chi connectivity index (χ0v) is 11.5. The van der Waals surface area contributed by atoms with Gasteiger partial charge >= 0.3 is 0 Å². The van der Waals surface area contributed by atoms with Crippen molar-refractivity contribution in [3.8, 4) is 0 Å². The molecular weight excluding hydrogens is 236 g/mol. The summed E-state index contributed by atoms with van der Waals surface area (Å²) in [5.74, 6) is 0. The third kappa shape index (κ3) is 2.86. The average Bonchev–Trinajstić information content (AvgIpc) is 2.68. The summed E-state index contributed by atoms with van der Waals surface area (Å²) in [5, 5.41) is 0. The Morgan fingerprint density at radius 3 is 2.44 bits per heavy atom. The van der Waals surface area contributed by atoms with E-state index in [1.165, 1.54) is 0 Å². The predicted octanol–water partition coefficient (Wildman–Crippen LogP) is 1.35. The first-order valence-electron chi connectivity index (χ1n) is 6.84. The lowest BCUT2D eigenvalue weighted by molar-refractivity contribution is -0.245. The lowest BCUT2D eigenvalue weighted by atomic mass is 10.1. The number of hydrogen-bond donors (Lipinski definition) is 0. The highest BCUT2D eigenvalue weighted by atomic mass is 16.7. The second kappa shape index (κ2) is 6.82. The van der Waals surface area contributed by atoms with Crippen LogP contribution in [0.3, 0.4) is 0 Å². The van der Waals surface area contributed by atoms with Crippen molar-refractivity contribution in [2.75, 3.05) is 26.9 Å². The molecule has 5 atom stereocenters. The summed E-state index contributed by atoms with van der Waals surface area (Å²) in [6, 6.07) is 0. The monoisotopic (exact) mass is 260 g/mol. The van der Waals surface area contributed by atoms with Gasteiger partial charge in [-0.1, -0.05) is 13.8 Å². The second-order valence-corrected chi connectivity index (χ2v) is 4.75. The van der Waals surface area contributed by atoms with Crippen LogP contribution in [0, 0.1) is 0 Å². The van der Waals surface area contributed by atoms with Crippen molar-refractivity contribution >= 4 is 0 Å². The molecule has 0 spiro atoms. The van der Waals surface area contributed by atoms with Gasteiger partial charge in [0.1, 0.15) is 24.4 Å². The van der Waals surface area contributed by atoms with E-state index >= 15 is 0 Å². The molecule has 0 aromatic rings. The highest BCUT2D eigenvalue weighted by molar-refractivity contribution is 4.96. The van der Waals surface area contributed by atoms with Gasteiger partial charge in [0.15, 0.2) is 6.29 Å². The molecule has 2 bridgehead atoms. The highest BCUT2D eigenvalue weighted by Crippen LogP contribution is 2.34. The van der Waals surface area contributed by atoms with Crippen LogP contribution in [-0.2, 0) is 23.7 Å². The van der Waals surface area contributed by atoms with Crippen LogP contribution in [-0.4, -0.2) is 57.6 Å². The second-order valence-electron chi connectivity index (χ2n) is 4.75. The summed E-state index contributed by atoms with van der Waals surface area (Å²) >= 11 is 0. The van der Waals surface area contributed by atoms with Gasteiger partial charge in [-0.05, 0) is 12.8 Å². The first kappa shape index (κ1) is 14.2. The molecule has 106 valence electrons. The Balaban J connectivity index is 1.99. The first-order valence-corrected chi connectivity index (χ1v) is 6.84. The van der Waals surface area contributed by atoms with E-state index in [1.807, 2.05) is 0 Å². The number of methoxy groups -OCH3 is 1. The zero-order chi connectivity index (χ0) is 13.0. The van der Waals surface area contributed by atoms with Crippen LogP contribution in [0.1, 0.15) is 26.7 Å². The van der Waals surface area contributed by atoms with Crippen molar-refractivity contribution in [3.05, 3.63) is 0 Å². The fourth-order valence-electron chi connectivity index (χ4n) is 2.47. The molecular formula is C13H24O5. The number of ether oxygens (including phenoxy) is 5. The van der Waals surface area contributed by atoms with Crippen LogP contribution in [0.15, 0.2) is 0 Å². The Kier molecular flexibility index (Phi) is 5.38. The number of hydrogen-bond acceptors (Lipinski definition) is 5. The third-order valence-corrected chi connectivity index (χ3v) is 3.32. The topological polar surface area (TPSA) is 46.2 Å². The Labute approximate surface area is 109 Å². The molecule has 2 rings (SSSR count). The van der Waals surface area contributed by atoms with E-state index in [0.717, 1.165) is 19.4 Å². The fourth-order valence-corrected chi connectivity index (χ4v) is 2.47. The number of fused-ring (bicyclic) bond motifs is 2. The third-order valence-electron chi connectivity index (χ3n) is 3.32. The van der Waals surface area contributed by atoms with Crippen LogP contribution in [0.2, 0.25) is 0 Å². The van der Waals surface area contributed by atoms with E-state index in [0.29, 0.717) is 13.2 Å². The molecule has 0 N–H and O–H groups in total. The lowest BCUT2D eigenvalue weighted by Crippen LogP contribution is -2.44. The van der Waals surface area contributed by atoms with E-state index in [4.69, 9.17) is 23.7 Å². The maximum Gasteiger partial charge on any atom is 0.187 e. The van der Waals surface area contributed by atoms with Gasteiger partial charge < -0.3 is 23.7 Å². The maximum absolute atomic E-state index is 5.87. The smallest absolute Gasteiger partial charge is 0.187 e. The molecule has 0 amide bonds. The SMILES string of the molecule is CCCO[C@@H]1[C@@H](OC)[C@@H]2OC[C@@H](OCCC)[C@H]1O2. The molecule has 0 unspecified atom stereocenters.